The van der Waals surface area contributed by atoms with Gasteiger partial charge in [-0.3, -0.25) is 0 Å². The van der Waals surface area contributed by atoms with E-state index in [2.05, 4.69) is 6.92 Å². The molecule has 0 amide bonds. The van der Waals surface area contributed by atoms with Crippen molar-refractivity contribution in [3.63, 3.8) is 0 Å². The van der Waals surface area contributed by atoms with Gasteiger partial charge < -0.3 is 18.9 Å². The molecule has 0 unspecified atom stereocenters. The number of halogens is 1. The van der Waals surface area contributed by atoms with Crippen LogP contribution in [0, 0.1) is 11.8 Å². The van der Waals surface area contributed by atoms with Crippen molar-refractivity contribution in [3.05, 3.63) is 34.9 Å². The van der Waals surface area contributed by atoms with Gasteiger partial charge in [-0.05, 0) is 18.6 Å². The van der Waals surface area contributed by atoms with Gasteiger partial charge in [0.15, 0.2) is 12.6 Å². The summed E-state index contributed by atoms with van der Waals surface area (Å²) in [4.78, 5) is 0. The molecular formula is C18H25ClO4. The molecule has 0 radical (unpaired) electrons. The van der Waals surface area contributed by atoms with Crippen molar-refractivity contribution < 1.29 is 18.9 Å². The molecule has 0 aliphatic carbocycles. The van der Waals surface area contributed by atoms with E-state index in [4.69, 9.17) is 30.5 Å². The summed E-state index contributed by atoms with van der Waals surface area (Å²) in [5.74, 6) is 0.657. The Morgan fingerprint density at radius 3 is 2.22 bits per heavy atom. The van der Waals surface area contributed by atoms with E-state index in [9.17, 15) is 0 Å². The highest BCUT2D eigenvalue weighted by Gasteiger charge is 2.33. The molecule has 0 saturated carbocycles. The number of hydrogen-bond acceptors (Lipinski definition) is 4. The third kappa shape index (κ3) is 4.68. The lowest BCUT2D eigenvalue weighted by atomic mass is 10.0. The van der Waals surface area contributed by atoms with E-state index in [1.807, 2.05) is 24.3 Å². The maximum atomic E-state index is 5.90. The minimum Gasteiger partial charge on any atom is -0.352 e. The first-order valence-electron chi connectivity index (χ1n) is 8.48. The highest BCUT2D eigenvalue weighted by atomic mass is 35.5. The van der Waals surface area contributed by atoms with Crippen LogP contribution in [0.25, 0.3) is 0 Å². The van der Waals surface area contributed by atoms with Crippen LogP contribution < -0.4 is 0 Å². The van der Waals surface area contributed by atoms with Crippen LogP contribution >= 0.6 is 11.6 Å². The molecule has 2 heterocycles. The standard InChI is InChI=1S/C18H25ClO4/c1-2-3-4-13-9-20-18(21-10-13)15-11-22-17(23-12-15)14-5-7-16(19)8-6-14/h5-8,13,15,17-18H,2-4,9-12H2,1H3/t13-,15-,17-,18-. The molecular weight excluding hydrogens is 316 g/mol. The first kappa shape index (κ1) is 17.2. The summed E-state index contributed by atoms with van der Waals surface area (Å²) in [6, 6.07) is 7.55. The second-order valence-electron chi connectivity index (χ2n) is 6.35. The van der Waals surface area contributed by atoms with E-state index in [-0.39, 0.29) is 18.5 Å². The van der Waals surface area contributed by atoms with Gasteiger partial charge in [0, 0.05) is 16.5 Å². The van der Waals surface area contributed by atoms with Crippen molar-refractivity contribution in [2.24, 2.45) is 11.8 Å². The Hall–Kier alpha value is -0.650. The molecule has 1 aromatic carbocycles. The Morgan fingerprint density at radius 2 is 1.61 bits per heavy atom. The van der Waals surface area contributed by atoms with Crippen LogP contribution in [0.3, 0.4) is 0 Å². The monoisotopic (exact) mass is 340 g/mol. The Balaban J connectivity index is 1.43. The minimum atomic E-state index is -0.329. The molecule has 2 aliphatic heterocycles. The molecule has 23 heavy (non-hydrogen) atoms. The molecule has 128 valence electrons. The van der Waals surface area contributed by atoms with Gasteiger partial charge in [-0.25, -0.2) is 0 Å². The van der Waals surface area contributed by atoms with Gasteiger partial charge in [0.25, 0.3) is 0 Å². The lowest BCUT2D eigenvalue weighted by Crippen LogP contribution is -2.43. The molecule has 2 fully saturated rings. The fourth-order valence-corrected chi connectivity index (χ4v) is 3.10. The molecule has 5 heteroatoms. The summed E-state index contributed by atoms with van der Waals surface area (Å²) in [5, 5.41) is 0.712. The Morgan fingerprint density at radius 1 is 0.957 bits per heavy atom. The second kappa shape index (κ2) is 8.45. The molecule has 0 atom stereocenters. The van der Waals surface area contributed by atoms with Crippen molar-refractivity contribution in [2.45, 2.75) is 38.8 Å². The zero-order chi connectivity index (χ0) is 16.1. The van der Waals surface area contributed by atoms with E-state index < -0.39 is 0 Å². The summed E-state index contributed by atoms with van der Waals surface area (Å²) >= 11 is 5.90. The average molecular weight is 341 g/mol. The Bertz CT molecular complexity index is 462. The largest absolute Gasteiger partial charge is 0.352 e. The average Bonchev–Trinajstić information content (AvgIpc) is 2.61. The fraction of sp³-hybridized carbons (Fsp3) is 0.667. The van der Waals surface area contributed by atoms with Gasteiger partial charge in [-0.2, -0.15) is 0 Å². The molecule has 4 nitrogen and oxygen atoms in total. The summed E-state index contributed by atoms with van der Waals surface area (Å²) in [7, 11) is 0. The van der Waals surface area contributed by atoms with Crippen molar-refractivity contribution in [3.8, 4) is 0 Å². The predicted octanol–water partition coefficient (Wildman–Crippen LogP) is 4.18. The molecule has 0 N–H and O–H groups in total. The first-order valence-corrected chi connectivity index (χ1v) is 8.86. The normalized spacial score (nSPS) is 31.9. The molecule has 1 aromatic rings. The summed E-state index contributed by atoms with van der Waals surface area (Å²) in [6.45, 7) is 4.93. The maximum absolute atomic E-state index is 5.90. The highest BCUT2D eigenvalue weighted by Crippen LogP contribution is 2.30. The van der Waals surface area contributed by atoms with E-state index in [1.165, 1.54) is 19.3 Å². The van der Waals surface area contributed by atoms with Crippen LogP contribution in [0.4, 0.5) is 0 Å². The molecule has 0 spiro atoms. The van der Waals surface area contributed by atoms with Crippen LogP contribution in [-0.4, -0.2) is 32.7 Å². The molecule has 0 bridgehead atoms. The Kier molecular flexibility index (Phi) is 6.31. The van der Waals surface area contributed by atoms with Gasteiger partial charge in [0.05, 0.1) is 32.3 Å². The van der Waals surface area contributed by atoms with Crippen LogP contribution in [0.2, 0.25) is 5.02 Å². The molecule has 3 rings (SSSR count). The smallest absolute Gasteiger partial charge is 0.183 e. The van der Waals surface area contributed by atoms with Crippen molar-refractivity contribution in [2.75, 3.05) is 26.4 Å². The van der Waals surface area contributed by atoms with Gasteiger partial charge in [0.2, 0.25) is 0 Å². The maximum Gasteiger partial charge on any atom is 0.183 e. The Labute approximate surface area is 143 Å². The van der Waals surface area contributed by atoms with E-state index in [0.717, 1.165) is 18.8 Å². The summed E-state index contributed by atoms with van der Waals surface area (Å²) in [6.07, 6.45) is 3.10. The fourth-order valence-electron chi connectivity index (χ4n) is 2.98. The lowest BCUT2D eigenvalue weighted by Gasteiger charge is -2.37. The number of rotatable bonds is 5. The number of hydrogen-bond donors (Lipinski definition) is 0. The van der Waals surface area contributed by atoms with E-state index >= 15 is 0 Å². The van der Waals surface area contributed by atoms with Crippen molar-refractivity contribution in [1.29, 1.82) is 0 Å². The lowest BCUT2D eigenvalue weighted by molar-refractivity contribution is -0.283. The van der Waals surface area contributed by atoms with Crippen LogP contribution in [0.15, 0.2) is 24.3 Å². The number of unbranched alkanes of at least 4 members (excludes halogenated alkanes) is 1. The molecule has 2 saturated heterocycles. The van der Waals surface area contributed by atoms with Crippen molar-refractivity contribution >= 4 is 11.6 Å². The van der Waals surface area contributed by atoms with Crippen LogP contribution in [-0.2, 0) is 18.9 Å². The third-order valence-electron chi connectivity index (χ3n) is 4.41. The zero-order valence-corrected chi connectivity index (χ0v) is 14.3. The SMILES string of the molecule is CCCC[C@H]1CO[C@H]([C@H]2CO[C@H](c3ccc(Cl)cc3)OC2)OC1. The molecule has 0 aromatic heterocycles. The van der Waals surface area contributed by atoms with Crippen molar-refractivity contribution in [1.82, 2.24) is 0 Å². The van der Waals surface area contributed by atoms with Gasteiger partial charge in [-0.1, -0.05) is 43.5 Å². The number of ether oxygens (including phenoxy) is 4. The molecule has 2 aliphatic rings. The zero-order valence-electron chi connectivity index (χ0n) is 13.6. The van der Waals surface area contributed by atoms with Crippen LogP contribution in [0.1, 0.15) is 38.0 Å². The van der Waals surface area contributed by atoms with Gasteiger partial charge >= 0.3 is 0 Å². The van der Waals surface area contributed by atoms with Crippen LogP contribution in [0.5, 0.6) is 0 Å². The summed E-state index contributed by atoms with van der Waals surface area (Å²) in [5.41, 5.74) is 0.984. The second-order valence-corrected chi connectivity index (χ2v) is 6.79. The van der Waals surface area contributed by atoms with Gasteiger partial charge in [0.1, 0.15) is 0 Å². The predicted molar refractivity (Wildman–Crippen MR) is 88.3 cm³/mol. The minimum absolute atomic E-state index is 0.130. The van der Waals surface area contributed by atoms with E-state index in [0.29, 0.717) is 24.2 Å². The topological polar surface area (TPSA) is 36.9 Å². The summed E-state index contributed by atoms with van der Waals surface area (Å²) < 4.78 is 23.4. The number of benzene rings is 1. The van der Waals surface area contributed by atoms with Gasteiger partial charge in [-0.15, -0.1) is 0 Å². The third-order valence-corrected chi connectivity index (χ3v) is 4.66. The highest BCUT2D eigenvalue weighted by molar-refractivity contribution is 6.30. The van der Waals surface area contributed by atoms with E-state index in [1.54, 1.807) is 0 Å². The first-order chi connectivity index (χ1) is 11.3. The quantitative estimate of drug-likeness (QED) is 0.805.